The standard InChI is InChI=1S/C14H19ClN2O/c1-9-3-4-11(7-9)17-12-5-6-14(13(15)8-12)16-10(2)18/h5-6,8-9,11,17H,3-4,7H2,1-2H3,(H,16,18). The molecule has 18 heavy (non-hydrogen) atoms. The molecular weight excluding hydrogens is 248 g/mol. The number of halogens is 1. The van der Waals surface area contributed by atoms with Gasteiger partial charge in [-0.1, -0.05) is 18.5 Å². The zero-order valence-electron chi connectivity index (χ0n) is 10.8. The Balaban J connectivity index is 2.02. The number of benzene rings is 1. The molecule has 2 N–H and O–H groups in total. The van der Waals surface area contributed by atoms with Crippen LogP contribution in [0.3, 0.4) is 0 Å². The number of anilines is 2. The second-order valence-corrected chi connectivity index (χ2v) is 5.54. The third-order valence-corrected chi connectivity index (χ3v) is 3.66. The van der Waals surface area contributed by atoms with Crippen molar-refractivity contribution < 1.29 is 4.79 Å². The molecule has 0 bridgehead atoms. The second kappa shape index (κ2) is 5.61. The van der Waals surface area contributed by atoms with E-state index in [-0.39, 0.29) is 5.91 Å². The van der Waals surface area contributed by atoms with Crippen LogP contribution in [0.5, 0.6) is 0 Å². The minimum absolute atomic E-state index is 0.109. The van der Waals surface area contributed by atoms with Crippen molar-refractivity contribution in [2.45, 2.75) is 39.2 Å². The summed E-state index contributed by atoms with van der Waals surface area (Å²) in [5.74, 6) is 0.693. The Hall–Kier alpha value is -1.22. The van der Waals surface area contributed by atoms with Crippen LogP contribution in [0.1, 0.15) is 33.1 Å². The molecule has 1 aromatic carbocycles. The largest absolute Gasteiger partial charge is 0.382 e. The summed E-state index contributed by atoms with van der Waals surface area (Å²) in [7, 11) is 0. The Labute approximate surface area is 113 Å². The van der Waals surface area contributed by atoms with Crippen molar-refractivity contribution in [2.75, 3.05) is 10.6 Å². The molecule has 3 nitrogen and oxygen atoms in total. The highest BCUT2D eigenvalue weighted by Gasteiger charge is 2.21. The van der Waals surface area contributed by atoms with Gasteiger partial charge < -0.3 is 10.6 Å². The van der Waals surface area contributed by atoms with E-state index < -0.39 is 0 Å². The van der Waals surface area contributed by atoms with Crippen molar-refractivity contribution in [1.29, 1.82) is 0 Å². The molecule has 2 unspecified atom stereocenters. The van der Waals surface area contributed by atoms with Crippen molar-refractivity contribution in [3.05, 3.63) is 23.2 Å². The van der Waals surface area contributed by atoms with Gasteiger partial charge in [0.05, 0.1) is 10.7 Å². The second-order valence-electron chi connectivity index (χ2n) is 5.14. The van der Waals surface area contributed by atoms with Crippen molar-refractivity contribution in [2.24, 2.45) is 5.92 Å². The Morgan fingerprint density at radius 3 is 2.72 bits per heavy atom. The predicted octanol–water partition coefficient (Wildman–Crippen LogP) is 3.90. The van der Waals surface area contributed by atoms with E-state index in [1.807, 2.05) is 18.2 Å². The van der Waals surface area contributed by atoms with Gasteiger partial charge in [0.1, 0.15) is 0 Å². The number of carbonyl (C=O) groups is 1. The number of carbonyl (C=O) groups excluding carboxylic acids is 1. The maximum atomic E-state index is 11.0. The van der Waals surface area contributed by atoms with Crippen LogP contribution in [0.2, 0.25) is 5.02 Å². The normalized spacial score (nSPS) is 22.8. The van der Waals surface area contributed by atoms with Crippen LogP contribution < -0.4 is 10.6 Å². The minimum Gasteiger partial charge on any atom is -0.382 e. The third kappa shape index (κ3) is 3.39. The number of amides is 1. The highest BCUT2D eigenvalue weighted by Crippen LogP contribution is 2.30. The number of rotatable bonds is 3. The molecule has 1 aliphatic rings. The fourth-order valence-electron chi connectivity index (χ4n) is 2.47. The molecule has 0 radical (unpaired) electrons. The Morgan fingerprint density at radius 1 is 1.39 bits per heavy atom. The van der Waals surface area contributed by atoms with E-state index in [1.54, 1.807) is 0 Å². The fourth-order valence-corrected chi connectivity index (χ4v) is 2.70. The molecule has 98 valence electrons. The van der Waals surface area contributed by atoms with Crippen LogP contribution in [0.4, 0.5) is 11.4 Å². The first-order chi connectivity index (χ1) is 8.54. The average Bonchev–Trinajstić information content (AvgIpc) is 2.68. The molecule has 1 fully saturated rings. The van der Waals surface area contributed by atoms with Gasteiger partial charge in [-0.15, -0.1) is 0 Å². The number of hydrogen-bond acceptors (Lipinski definition) is 2. The van der Waals surface area contributed by atoms with E-state index >= 15 is 0 Å². The summed E-state index contributed by atoms with van der Waals surface area (Å²) in [4.78, 5) is 11.0. The molecular formula is C14H19ClN2O. The Kier molecular flexibility index (Phi) is 4.12. The van der Waals surface area contributed by atoms with Gasteiger partial charge in [0.15, 0.2) is 0 Å². The van der Waals surface area contributed by atoms with Gasteiger partial charge in [-0.05, 0) is 43.4 Å². The SMILES string of the molecule is CC(=O)Nc1ccc(NC2CCC(C)C2)cc1Cl. The minimum atomic E-state index is -0.109. The highest BCUT2D eigenvalue weighted by molar-refractivity contribution is 6.34. The van der Waals surface area contributed by atoms with Crippen LogP contribution in [-0.2, 0) is 4.79 Å². The lowest BCUT2D eigenvalue weighted by Crippen LogP contribution is -2.15. The van der Waals surface area contributed by atoms with Gasteiger partial charge in [-0.3, -0.25) is 4.79 Å². The quantitative estimate of drug-likeness (QED) is 0.871. The summed E-state index contributed by atoms with van der Waals surface area (Å²) in [5.41, 5.74) is 1.68. The molecule has 4 heteroatoms. The Bertz CT molecular complexity index is 447. The molecule has 0 aromatic heterocycles. The predicted molar refractivity (Wildman–Crippen MR) is 76.2 cm³/mol. The van der Waals surface area contributed by atoms with Gasteiger partial charge in [0.25, 0.3) is 0 Å². The summed E-state index contributed by atoms with van der Waals surface area (Å²) < 4.78 is 0. The molecule has 2 rings (SSSR count). The maximum Gasteiger partial charge on any atom is 0.221 e. The molecule has 1 aliphatic carbocycles. The smallest absolute Gasteiger partial charge is 0.221 e. The van der Waals surface area contributed by atoms with Crippen LogP contribution >= 0.6 is 11.6 Å². The van der Waals surface area contributed by atoms with Crippen LogP contribution in [0, 0.1) is 5.92 Å². The van der Waals surface area contributed by atoms with E-state index in [9.17, 15) is 4.79 Å². The van der Waals surface area contributed by atoms with Crippen molar-refractivity contribution >= 4 is 28.9 Å². The van der Waals surface area contributed by atoms with Crippen molar-refractivity contribution in [3.8, 4) is 0 Å². The van der Waals surface area contributed by atoms with E-state index in [1.165, 1.54) is 26.2 Å². The zero-order chi connectivity index (χ0) is 13.1. The number of hydrogen-bond donors (Lipinski definition) is 2. The first-order valence-corrected chi connectivity index (χ1v) is 6.76. The average molecular weight is 267 g/mol. The van der Waals surface area contributed by atoms with Crippen molar-refractivity contribution in [3.63, 3.8) is 0 Å². The molecule has 0 spiro atoms. The van der Waals surface area contributed by atoms with Gasteiger partial charge in [0, 0.05) is 18.7 Å². The maximum absolute atomic E-state index is 11.0. The lowest BCUT2D eigenvalue weighted by molar-refractivity contribution is -0.114. The lowest BCUT2D eigenvalue weighted by Gasteiger charge is -2.15. The van der Waals surface area contributed by atoms with Crippen LogP contribution in [-0.4, -0.2) is 11.9 Å². The highest BCUT2D eigenvalue weighted by atomic mass is 35.5. The van der Waals surface area contributed by atoms with E-state index in [0.717, 1.165) is 11.6 Å². The summed E-state index contributed by atoms with van der Waals surface area (Å²) in [6.07, 6.45) is 3.71. The molecule has 2 atom stereocenters. The van der Waals surface area contributed by atoms with Crippen molar-refractivity contribution in [1.82, 2.24) is 0 Å². The van der Waals surface area contributed by atoms with Gasteiger partial charge in [0.2, 0.25) is 5.91 Å². The van der Waals surface area contributed by atoms with Gasteiger partial charge in [-0.25, -0.2) is 0 Å². The topological polar surface area (TPSA) is 41.1 Å². The summed E-state index contributed by atoms with van der Waals surface area (Å²) >= 11 is 6.13. The molecule has 1 amide bonds. The summed E-state index contributed by atoms with van der Waals surface area (Å²) in [6, 6.07) is 6.21. The van der Waals surface area contributed by atoms with E-state index in [0.29, 0.717) is 16.8 Å². The summed E-state index contributed by atoms with van der Waals surface area (Å²) in [5, 5.41) is 6.77. The molecule has 1 aromatic rings. The van der Waals surface area contributed by atoms with Gasteiger partial charge >= 0.3 is 0 Å². The first kappa shape index (κ1) is 13.2. The zero-order valence-corrected chi connectivity index (χ0v) is 11.6. The first-order valence-electron chi connectivity index (χ1n) is 6.38. The van der Waals surface area contributed by atoms with E-state index in [4.69, 9.17) is 11.6 Å². The molecule has 0 saturated heterocycles. The monoisotopic (exact) mass is 266 g/mol. The summed E-state index contributed by atoms with van der Waals surface area (Å²) in [6.45, 7) is 3.76. The molecule has 0 heterocycles. The lowest BCUT2D eigenvalue weighted by atomic mass is 10.1. The third-order valence-electron chi connectivity index (χ3n) is 3.35. The van der Waals surface area contributed by atoms with Gasteiger partial charge in [-0.2, -0.15) is 0 Å². The molecule has 1 saturated carbocycles. The van der Waals surface area contributed by atoms with Crippen LogP contribution in [0.15, 0.2) is 18.2 Å². The molecule has 0 aliphatic heterocycles. The fraction of sp³-hybridized carbons (Fsp3) is 0.500. The Morgan fingerprint density at radius 2 is 2.17 bits per heavy atom. The van der Waals surface area contributed by atoms with Crippen LogP contribution in [0.25, 0.3) is 0 Å². The van der Waals surface area contributed by atoms with E-state index in [2.05, 4.69) is 17.6 Å². The number of nitrogens with one attached hydrogen (secondary N) is 2.